The van der Waals surface area contributed by atoms with E-state index in [1.165, 1.54) is 7.11 Å². The highest BCUT2D eigenvalue weighted by atomic mass is 16.6. The minimum Gasteiger partial charge on any atom is -0.373 e. The number of hydrogen-bond acceptors (Lipinski definition) is 6. The smallest absolute Gasteiger partial charge is 0.223 e. The van der Waals surface area contributed by atoms with Gasteiger partial charge in [-0.05, 0) is 12.0 Å². The third-order valence-electron chi connectivity index (χ3n) is 5.73. The Bertz CT molecular complexity index is 705. The molecule has 4 rings (SSSR count). The topological polar surface area (TPSA) is 106 Å². The molecular weight excluding hydrogens is 336 g/mol. The fraction of sp³-hybridized carbons (Fsp3) is 0.579. The molecule has 3 N–H and O–H groups in total. The molecule has 5 atom stereocenters. The zero-order valence-electron chi connectivity index (χ0n) is 14.8. The van der Waals surface area contributed by atoms with E-state index in [0.717, 1.165) is 5.56 Å². The Morgan fingerprint density at radius 3 is 2.77 bits per heavy atom. The number of ketones is 1. The van der Waals surface area contributed by atoms with Gasteiger partial charge in [0.1, 0.15) is 17.8 Å². The van der Waals surface area contributed by atoms with Crippen molar-refractivity contribution in [3.05, 3.63) is 35.9 Å². The summed E-state index contributed by atoms with van der Waals surface area (Å²) in [5.41, 5.74) is 5.97. The molecule has 7 nitrogen and oxygen atoms in total. The monoisotopic (exact) mass is 360 g/mol. The van der Waals surface area contributed by atoms with Crippen LogP contribution >= 0.6 is 0 Å². The molecule has 3 fully saturated rings. The molecule has 1 saturated carbocycles. The van der Waals surface area contributed by atoms with E-state index in [9.17, 15) is 9.59 Å². The van der Waals surface area contributed by atoms with Gasteiger partial charge in [-0.3, -0.25) is 9.59 Å². The number of Topliss-reactive ketones (excluding diaryl/α,β-unsaturated/α-hetero) is 1. The molecule has 3 aliphatic rings. The molecule has 0 radical (unpaired) electrons. The summed E-state index contributed by atoms with van der Waals surface area (Å²) >= 11 is 0. The Balaban J connectivity index is 1.38. The van der Waals surface area contributed by atoms with Crippen molar-refractivity contribution in [3.8, 4) is 0 Å². The zero-order valence-corrected chi connectivity index (χ0v) is 14.8. The first-order valence-corrected chi connectivity index (χ1v) is 8.95. The second kappa shape index (κ2) is 6.42. The second-order valence-electron chi connectivity index (χ2n) is 7.38. The highest BCUT2D eigenvalue weighted by molar-refractivity contribution is 5.85. The van der Waals surface area contributed by atoms with Crippen molar-refractivity contribution in [1.82, 2.24) is 5.32 Å². The standard InChI is InChI=1S/C19H24N2O5/c1-24-16-13(22)7-8-18(11-25-18)17(16)19(20)14(26-19)9-15(23)21-10-12-5-3-2-4-6-12/h2-6,14,16-17H,7-11,20H2,1H3,(H,21,23)/t14-,16-,17+,18+,19+/m1/s1. The van der Waals surface area contributed by atoms with Crippen molar-refractivity contribution < 1.29 is 23.8 Å². The third kappa shape index (κ3) is 3.05. The van der Waals surface area contributed by atoms with E-state index in [1.807, 2.05) is 30.3 Å². The lowest BCUT2D eigenvalue weighted by Crippen LogP contribution is -2.57. The largest absolute Gasteiger partial charge is 0.373 e. The van der Waals surface area contributed by atoms with Crippen LogP contribution in [0.5, 0.6) is 0 Å². The summed E-state index contributed by atoms with van der Waals surface area (Å²) in [6.45, 7) is 1.01. The molecule has 7 heteroatoms. The number of carbonyl (C=O) groups excluding carboxylic acids is 2. The molecule has 2 heterocycles. The molecule has 26 heavy (non-hydrogen) atoms. The van der Waals surface area contributed by atoms with Gasteiger partial charge in [-0.25, -0.2) is 0 Å². The zero-order chi connectivity index (χ0) is 18.4. The lowest BCUT2D eigenvalue weighted by molar-refractivity contribution is -0.142. The highest BCUT2D eigenvalue weighted by Gasteiger charge is 2.73. The van der Waals surface area contributed by atoms with E-state index in [4.69, 9.17) is 19.9 Å². The quantitative estimate of drug-likeness (QED) is 0.716. The van der Waals surface area contributed by atoms with E-state index in [1.54, 1.807) is 0 Å². The molecule has 2 saturated heterocycles. The van der Waals surface area contributed by atoms with Crippen LogP contribution in [0.25, 0.3) is 0 Å². The molecule has 1 aromatic rings. The number of epoxide rings is 2. The van der Waals surface area contributed by atoms with Crippen LogP contribution in [-0.2, 0) is 30.3 Å². The molecule has 1 spiro atoms. The number of ether oxygens (including phenoxy) is 3. The molecular formula is C19H24N2O5. The SMILES string of the molecule is CO[C@@H]1C(=O)CC[C@]2(CO2)[C@H]1[C@@]1(N)O[C@@H]1CC(=O)NCc1ccccc1. The van der Waals surface area contributed by atoms with Crippen LogP contribution in [0.15, 0.2) is 30.3 Å². The van der Waals surface area contributed by atoms with E-state index >= 15 is 0 Å². The van der Waals surface area contributed by atoms with Crippen molar-refractivity contribution in [2.45, 2.75) is 49.3 Å². The van der Waals surface area contributed by atoms with Crippen LogP contribution < -0.4 is 11.1 Å². The van der Waals surface area contributed by atoms with Gasteiger partial charge >= 0.3 is 0 Å². The lowest BCUT2D eigenvalue weighted by atomic mass is 9.71. The van der Waals surface area contributed by atoms with Gasteiger partial charge in [0.2, 0.25) is 5.91 Å². The predicted octanol–water partition coefficient (Wildman–Crippen LogP) is 0.510. The van der Waals surface area contributed by atoms with Crippen molar-refractivity contribution in [3.63, 3.8) is 0 Å². The Kier molecular flexibility index (Phi) is 4.35. The average Bonchev–Trinajstić information content (AvgIpc) is 3.55. The maximum atomic E-state index is 12.3. The Labute approximate surface area is 152 Å². The molecule has 1 aliphatic carbocycles. The maximum absolute atomic E-state index is 12.3. The number of carbonyl (C=O) groups is 2. The van der Waals surface area contributed by atoms with E-state index in [2.05, 4.69) is 5.32 Å². The number of nitrogens with two attached hydrogens (primary N) is 1. The summed E-state index contributed by atoms with van der Waals surface area (Å²) in [5, 5.41) is 2.88. The normalized spacial score (nSPS) is 38.2. The minimum absolute atomic E-state index is 0.0197. The summed E-state index contributed by atoms with van der Waals surface area (Å²) in [4.78, 5) is 24.5. The number of rotatable bonds is 6. The number of amides is 1. The summed E-state index contributed by atoms with van der Waals surface area (Å²) in [6, 6.07) is 9.69. The van der Waals surface area contributed by atoms with Crippen LogP contribution in [0.2, 0.25) is 0 Å². The maximum Gasteiger partial charge on any atom is 0.223 e. The summed E-state index contributed by atoms with van der Waals surface area (Å²) in [6.07, 6.45) is 0.126. The fourth-order valence-corrected chi connectivity index (χ4v) is 4.15. The van der Waals surface area contributed by atoms with Crippen LogP contribution in [0.3, 0.4) is 0 Å². The first-order valence-electron chi connectivity index (χ1n) is 8.95. The molecule has 1 aromatic carbocycles. The first kappa shape index (κ1) is 17.6. The number of benzene rings is 1. The van der Waals surface area contributed by atoms with Crippen molar-refractivity contribution in [2.75, 3.05) is 13.7 Å². The fourth-order valence-electron chi connectivity index (χ4n) is 4.15. The van der Waals surface area contributed by atoms with Crippen LogP contribution in [0, 0.1) is 5.92 Å². The van der Waals surface area contributed by atoms with Crippen molar-refractivity contribution in [2.24, 2.45) is 11.7 Å². The van der Waals surface area contributed by atoms with E-state index < -0.39 is 23.5 Å². The molecule has 140 valence electrons. The summed E-state index contributed by atoms with van der Waals surface area (Å²) in [5.74, 6) is -0.493. The number of methoxy groups -OCH3 is 1. The predicted molar refractivity (Wildman–Crippen MR) is 91.9 cm³/mol. The van der Waals surface area contributed by atoms with Gasteiger partial charge in [0.05, 0.1) is 18.9 Å². The van der Waals surface area contributed by atoms with Gasteiger partial charge in [-0.2, -0.15) is 0 Å². The van der Waals surface area contributed by atoms with Crippen molar-refractivity contribution in [1.29, 1.82) is 0 Å². The minimum atomic E-state index is -1.06. The summed E-state index contributed by atoms with van der Waals surface area (Å²) in [7, 11) is 1.50. The Morgan fingerprint density at radius 1 is 1.38 bits per heavy atom. The number of nitrogens with one attached hydrogen (secondary N) is 1. The third-order valence-corrected chi connectivity index (χ3v) is 5.73. The Morgan fingerprint density at radius 2 is 2.12 bits per heavy atom. The van der Waals surface area contributed by atoms with E-state index in [-0.39, 0.29) is 24.0 Å². The van der Waals surface area contributed by atoms with Crippen LogP contribution in [0.1, 0.15) is 24.8 Å². The van der Waals surface area contributed by atoms with Gasteiger partial charge in [0.15, 0.2) is 11.5 Å². The lowest BCUT2D eigenvalue weighted by Gasteiger charge is -2.37. The van der Waals surface area contributed by atoms with Crippen molar-refractivity contribution >= 4 is 11.7 Å². The summed E-state index contributed by atoms with van der Waals surface area (Å²) < 4.78 is 16.8. The molecule has 1 amide bonds. The second-order valence-corrected chi connectivity index (χ2v) is 7.38. The molecule has 0 unspecified atom stereocenters. The average molecular weight is 360 g/mol. The van der Waals surface area contributed by atoms with Crippen LogP contribution in [-0.4, -0.2) is 48.9 Å². The van der Waals surface area contributed by atoms with Gasteiger partial charge in [0.25, 0.3) is 0 Å². The Hall–Kier alpha value is -1.80. The van der Waals surface area contributed by atoms with Crippen LogP contribution in [0.4, 0.5) is 0 Å². The van der Waals surface area contributed by atoms with Gasteiger partial charge in [-0.1, -0.05) is 30.3 Å². The molecule has 0 bridgehead atoms. The van der Waals surface area contributed by atoms with Gasteiger partial charge < -0.3 is 25.3 Å². The van der Waals surface area contributed by atoms with Gasteiger partial charge in [0, 0.05) is 20.1 Å². The van der Waals surface area contributed by atoms with E-state index in [0.29, 0.717) is 26.0 Å². The number of hydrogen-bond donors (Lipinski definition) is 2. The molecule has 2 aliphatic heterocycles. The first-order chi connectivity index (χ1) is 12.5. The highest BCUT2D eigenvalue weighted by Crippen LogP contribution is 2.56. The molecule has 0 aromatic heterocycles. The van der Waals surface area contributed by atoms with Gasteiger partial charge in [-0.15, -0.1) is 0 Å².